The molecule has 0 bridgehead atoms. The maximum atomic E-state index is 12.4. The van der Waals surface area contributed by atoms with E-state index in [0.29, 0.717) is 0 Å². The minimum atomic E-state index is -4.50. The Kier molecular flexibility index (Phi) is 3.06. The molecule has 3 N–H and O–H groups in total. The second kappa shape index (κ2) is 3.78. The van der Waals surface area contributed by atoms with Crippen LogP contribution in [0.1, 0.15) is 11.1 Å². The van der Waals surface area contributed by atoms with E-state index in [0.717, 1.165) is 6.07 Å². The number of benzene rings is 1. The number of aliphatic hydroxyl groups excluding tert-OH is 1. The van der Waals surface area contributed by atoms with Crippen molar-refractivity contribution in [3.8, 4) is 0 Å². The molecule has 1 rings (SSSR count). The fourth-order valence-corrected chi connectivity index (χ4v) is 1.67. The summed E-state index contributed by atoms with van der Waals surface area (Å²) >= 11 is 2.91. The van der Waals surface area contributed by atoms with Crippen LogP contribution in [0.3, 0.4) is 0 Å². The van der Waals surface area contributed by atoms with Crippen molar-refractivity contribution in [2.75, 3.05) is 5.73 Å². The van der Waals surface area contributed by atoms with E-state index in [2.05, 4.69) is 15.9 Å². The summed E-state index contributed by atoms with van der Waals surface area (Å²) in [5.74, 6) is 0. The van der Waals surface area contributed by atoms with Crippen LogP contribution in [-0.4, -0.2) is 5.11 Å². The quantitative estimate of drug-likeness (QED) is 0.770. The first kappa shape index (κ1) is 11.3. The molecule has 0 fully saturated rings. The third kappa shape index (κ3) is 2.19. The van der Waals surface area contributed by atoms with Gasteiger partial charge in [-0.05, 0) is 12.1 Å². The molecule has 78 valence electrons. The molecule has 0 atom stereocenters. The van der Waals surface area contributed by atoms with Gasteiger partial charge in [-0.1, -0.05) is 15.9 Å². The molecule has 0 spiro atoms. The summed E-state index contributed by atoms with van der Waals surface area (Å²) in [4.78, 5) is 0. The Balaban J connectivity index is 3.40. The molecular formula is C8H7BrF3NO. The number of aliphatic hydroxyl groups is 1. The van der Waals surface area contributed by atoms with Crippen LogP contribution in [0.5, 0.6) is 0 Å². The van der Waals surface area contributed by atoms with E-state index < -0.39 is 18.3 Å². The zero-order chi connectivity index (χ0) is 10.9. The van der Waals surface area contributed by atoms with Gasteiger partial charge in [-0.25, -0.2) is 0 Å². The number of hydrogen-bond donors (Lipinski definition) is 2. The molecule has 2 nitrogen and oxygen atoms in total. The average Bonchev–Trinajstić information content (AvgIpc) is 2.01. The Morgan fingerprint density at radius 2 is 1.93 bits per heavy atom. The van der Waals surface area contributed by atoms with Gasteiger partial charge in [-0.2, -0.15) is 13.2 Å². The van der Waals surface area contributed by atoms with E-state index >= 15 is 0 Å². The highest BCUT2D eigenvalue weighted by Crippen LogP contribution is 2.36. The molecule has 0 saturated carbocycles. The van der Waals surface area contributed by atoms with Crippen molar-refractivity contribution in [3.63, 3.8) is 0 Å². The first-order chi connectivity index (χ1) is 6.36. The summed E-state index contributed by atoms with van der Waals surface area (Å²) in [5, 5.41) is 8.78. The standard InChI is InChI=1S/C8H7BrF3NO/c9-7-2-4(13)1-6(5(7)3-14)8(10,11)12/h1-2,14H,3,13H2. The molecule has 0 saturated heterocycles. The van der Waals surface area contributed by atoms with Crippen LogP contribution in [0.4, 0.5) is 18.9 Å². The maximum Gasteiger partial charge on any atom is 0.416 e. The molecule has 6 heteroatoms. The van der Waals surface area contributed by atoms with Crippen molar-refractivity contribution in [1.82, 2.24) is 0 Å². The molecule has 0 amide bonds. The number of anilines is 1. The van der Waals surface area contributed by atoms with Crippen molar-refractivity contribution in [2.45, 2.75) is 12.8 Å². The minimum absolute atomic E-state index is 0.00130. The van der Waals surface area contributed by atoms with Crippen molar-refractivity contribution in [1.29, 1.82) is 0 Å². The van der Waals surface area contributed by atoms with Crippen molar-refractivity contribution < 1.29 is 18.3 Å². The first-order valence-corrected chi connectivity index (χ1v) is 4.41. The van der Waals surface area contributed by atoms with E-state index in [-0.39, 0.29) is 15.7 Å². The SMILES string of the molecule is Nc1cc(Br)c(CO)c(C(F)(F)F)c1. The second-order valence-corrected chi connectivity index (χ2v) is 3.54. The number of nitrogen functional groups attached to an aromatic ring is 1. The topological polar surface area (TPSA) is 46.2 Å². The van der Waals surface area contributed by atoms with Crippen LogP contribution < -0.4 is 5.73 Å². The summed E-state index contributed by atoms with van der Waals surface area (Å²) in [6, 6.07) is 2.12. The van der Waals surface area contributed by atoms with Gasteiger partial charge < -0.3 is 10.8 Å². The van der Waals surface area contributed by atoms with E-state index in [1.807, 2.05) is 0 Å². The predicted octanol–water partition coefficient (Wildman–Crippen LogP) is 2.54. The van der Waals surface area contributed by atoms with Gasteiger partial charge >= 0.3 is 6.18 Å². The van der Waals surface area contributed by atoms with Crippen LogP contribution in [0, 0.1) is 0 Å². The monoisotopic (exact) mass is 269 g/mol. The van der Waals surface area contributed by atoms with Crippen molar-refractivity contribution in [2.24, 2.45) is 0 Å². The van der Waals surface area contributed by atoms with E-state index in [4.69, 9.17) is 10.8 Å². The second-order valence-electron chi connectivity index (χ2n) is 2.68. The summed E-state index contributed by atoms with van der Waals surface area (Å²) in [7, 11) is 0. The summed E-state index contributed by atoms with van der Waals surface area (Å²) in [6.45, 7) is -0.685. The average molecular weight is 270 g/mol. The lowest BCUT2D eigenvalue weighted by Crippen LogP contribution is -2.10. The van der Waals surface area contributed by atoms with Gasteiger partial charge in [-0.15, -0.1) is 0 Å². The van der Waals surface area contributed by atoms with Gasteiger partial charge in [-0.3, -0.25) is 0 Å². The molecule has 0 heterocycles. The Labute approximate surface area is 86.7 Å². The zero-order valence-corrected chi connectivity index (χ0v) is 8.48. The Morgan fingerprint density at radius 3 is 2.36 bits per heavy atom. The third-order valence-electron chi connectivity index (χ3n) is 1.68. The van der Waals surface area contributed by atoms with Crippen LogP contribution in [0.25, 0.3) is 0 Å². The lowest BCUT2D eigenvalue weighted by atomic mass is 10.1. The van der Waals surface area contributed by atoms with E-state index in [1.165, 1.54) is 6.07 Å². The molecule has 0 aliphatic carbocycles. The highest BCUT2D eigenvalue weighted by atomic mass is 79.9. The maximum absolute atomic E-state index is 12.4. The number of nitrogens with two attached hydrogens (primary N) is 1. The Hall–Kier alpha value is -0.750. The fourth-order valence-electron chi connectivity index (χ4n) is 1.07. The molecule has 0 radical (unpaired) electrons. The molecule has 0 aliphatic heterocycles. The molecule has 0 aliphatic rings. The lowest BCUT2D eigenvalue weighted by molar-refractivity contribution is -0.138. The minimum Gasteiger partial charge on any atom is -0.399 e. The molecule has 0 unspecified atom stereocenters. The summed E-state index contributed by atoms with van der Waals surface area (Å²) in [5.41, 5.74) is 4.16. The molecule has 0 aromatic heterocycles. The van der Waals surface area contributed by atoms with Crippen molar-refractivity contribution >= 4 is 21.6 Å². The van der Waals surface area contributed by atoms with Crippen LogP contribution in [-0.2, 0) is 12.8 Å². The Morgan fingerprint density at radius 1 is 1.36 bits per heavy atom. The van der Waals surface area contributed by atoms with Gasteiger partial charge in [0.2, 0.25) is 0 Å². The van der Waals surface area contributed by atoms with Gasteiger partial charge in [0.25, 0.3) is 0 Å². The number of halogens is 4. The largest absolute Gasteiger partial charge is 0.416 e. The zero-order valence-electron chi connectivity index (χ0n) is 6.90. The number of rotatable bonds is 1. The Bertz CT molecular complexity index is 351. The van der Waals surface area contributed by atoms with Crippen molar-refractivity contribution in [3.05, 3.63) is 27.7 Å². The molecule has 1 aromatic rings. The normalized spacial score (nSPS) is 11.8. The highest BCUT2D eigenvalue weighted by Gasteiger charge is 2.34. The van der Waals surface area contributed by atoms with Crippen LogP contribution in [0.2, 0.25) is 0 Å². The molecule has 14 heavy (non-hydrogen) atoms. The fraction of sp³-hybridized carbons (Fsp3) is 0.250. The summed E-state index contributed by atoms with van der Waals surface area (Å²) < 4.78 is 37.4. The smallest absolute Gasteiger partial charge is 0.399 e. The van der Waals surface area contributed by atoms with Gasteiger partial charge in [0, 0.05) is 15.7 Å². The first-order valence-electron chi connectivity index (χ1n) is 3.62. The number of alkyl halides is 3. The van der Waals surface area contributed by atoms with Crippen LogP contribution in [0.15, 0.2) is 16.6 Å². The summed E-state index contributed by atoms with van der Waals surface area (Å²) in [6.07, 6.45) is -4.50. The van der Waals surface area contributed by atoms with Gasteiger partial charge in [0.1, 0.15) is 0 Å². The van der Waals surface area contributed by atoms with Gasteiger partial charge in [0.05, 0.1) is 12.2 Å². The van der Waals surface area contributed by atoms with E-state index in [1.54, 1.807) is 0 Å². The lowest BCUT2D eigenvalue weighted by Gasteiger charge is -2.13. The molecular weight excluding hydrogens is 263 g/mol. The molecule has 1 aromatic carbocycles. The highest BCUT2D eigenvalue weighted by molar-refractivity contribution is 9.10. The van der Waals surface area contributed by atoms with Gasteiger partial charge in [0.15, 0.2) is 0 Å². The van der Waals surface area contributed by atoms with E-state index in [9.17, 15) is 13.2 Å². The van der Waals surface area contributed by atoms with Crippen LogP contribution >= 0.6 is 15.9 Å². The predicted molar refractivity (Wildman–Crippen MR) is 49.5 cm³/mol. The third-order valence-corrected chi connectivity index (χ3v) is 2.39. The number of hydrogen-bond acceptors (Lipinski definition) is 2.